The second-order valence-corrected chi connectivity index (χ2v) is 8.49. The lowest BCUT2D eigenvalue weighted by Crippen LogP contribution is -2.60. The number of hydrogen-bond acceptors (Lipinski definition) is 5. The predicted molar refractivity (Wildman–Crippen MR) is 133 cm³/mol. The van der Waals surface area contributed by atoms with Crippen LogP contribution in [0, 0.1) is 5.82 Å². The molecule has 1 aliphatic carbocycles. The fourth-order valence-corrected chi connectivity index (χ4v) is 3.97. The zero-order valence-corrected chi connectivity index (χ0v) is 19.8. The molecule has 0 heterocycles. The van der Waals surface area contributed by atoms with Crippen LogP contribution in [0.25, 0.3) is 5.57 Å². The van der Waals surface area contributed by atoms with E-state index in [1.165, 1.54) is 30.4 Å². The van der Waals surface area contributed by atoms with Crippen LogP contribution >= 0.6 is 23.8 Å². The number of para-hydroxylation sites is 1. The number of ether oxygens (including phenoxy) is 1. The third-order valence-electron chi connectivity index (χ3n) is 5.06. The van der Waals surface area contributed by atoms with Crippen LogP contribution in [0.3, 0.4) is 0 Å². The van der Waals surface area contributed by atoms with Crippen molar-refractivity contribution in [2.45, 2.75) is 24.0 Å². The first kappa shape index (κ1) is 25.5. The van der Waals surface area contributed by atoms with E-state index in [1.54, 1.807) is 36.4 Å². The molecule has 7 nitrogen and oxygen atoms in total. The molecule has 0 radical (unpaired) electrons. The largest absolute Gasteiger partial charge is 0.360 e. The summed E-state index contributed by atoms with van der Waals surface area (Å²) in [6.45, 7) is 2.01. The second kappa shape index (κ2) is 10.4. The topological polar surface area (TPSA) is 114 Å². The van der Waals surface area contributed by atoms with Gasteiger partial charge in [0, 0.05) is 11.3 Å². The van der Waals surface area contributed by atoms with Crippen molar-refractivity contribution in [1.29, 1.82) is 0 Å². The first-order valence-electron chi connectivity index (χ1n) is 10.3. The first-order valence-corrected chi connectivity index (χ1v) is 11.1. The Bertz CT molecular complexity index is 1190. The minimum absolute atomic E-state index is 0.119. The minimum atomic E-state index is -2.08. The Kier molecular flexibility index (Phi) is 7.83. The van der Waals surface area contributed by atoms with E-state index in [0.29, 0.717) is 23.2 Å². The van der Waals surface area contributed by atoms with Gasteiger partial charge in [0.05, 0.1) is 12.2 Å². The maximum absolute atomic E-state index is 14.1. The SMILES string of the molecule is CCCOC1(O)C=CC(c2ccccc2NC(=O)c2ccccc2F)=CC1(Cl)C(=S)NC(N)=O. The average molecular weight is 504 g/mol. The van der Waals surface area contributed by atoms with Crippen molar-refractivity contribution < 1.29 is 23.8 Å². The maximum Gasteiger partial charge on any atom is 0.317 e. The van der Waals surface area contributed by atoms with Gasteiger partial charge < -0.3 is 26.2 Å². The van der Waals surface area contributed by atoms with Gasteiger partial charge in [-0.15, -0.1) is 11.6 Å². The molecule has 2 aromatic rings. The van der Waals surface area contributed by atoms with Crippen molar-refractivity contribution in [3.05, 3.63) is 83.7 Å². The predicted octanol–water partition coefficient (Wildman–Crippen LogP) is 4.12. The lowest BCUT2D eigenvalue weighted by Gasteiger charge is -2.41. The van der Waals surface area contributed by atoms with Gasteiger partial charge in [0.2, 0.25) is 5.79 Å². The van der Waals surface area contributed by atoms with E-state index in [0.717, 1.165) is 0 Å². The highest BCUT2D eigenvalue weighted by molar-refractivity contribution is 7.80. The number of alkyl halides is 1. The molecule has 10 heteroatoms. The van der Waals surface area contributed by atoms with Crippen LogP contribution in [0.5, 0.6) is 0 Å². The molecular weight excluding hydrogens is 481 g/mol. The molecule has 3 amide bonds. The Labute approximate surface area is 206 Å². The van der Waals surface area contributed by atoms with E-state index in [1.807, 2.05) is 6.92 Å². The third kappa shape index (κ3) is 5.18. The third-order valence-corrected chi connectivity index (χ3v) is 6.17. The fraction of sp³-hybridized carbons (Fsp3) is 0.208. The van der Waals surface area contributed by atoms with Crippen molar-refractivity contribution in [3.63, 3.8) is 0 Å². The Balaban J connectivity index is 2.03. The van der Waals surface area contributed by atoms with Crippen molar-refractivity contribution in [3.8, 4) is 0 Å². The van der Waals surface area contributed by atoms with Gasteiger partial charge in [-0.25, -0.2) is 9.18 Å². The second-order valence-electron chi connectivity index (χ2n) is 7.49. The number of benzene rings is 2. The summed E-state index contributed by atoms with van der Waals surface area (Å²) in [6, 6.07) is 11.4. The molecule has 2 aromatic carbocycles. The van der Waals surface area contributed by atoms with Gasteiger partial charge in [0.1, 0.15) is 10.8 Å². The van der Waals surface area contributed by atoms with Crippen molar-refractivity contribution in [2.75, 3.05) is 11.9 Å². The zero-order chi connectivity index (χ0) is 24.9. The molecule has 2 unspecified atom stereocenters. The highest BCUT2D eigenvalue weighted by Gasteiger charge is 2.53. The lowest BCUT2D eigenvalue weighted by atomic mass is 9.86. The molecule has 2 atom stereocenters. The lowest BCUT2D eigenvalue weighted by molar-refractivity contribution is -0.171. The number of primary amides is 1. The number of nitrogens with one attached hydrogen (secondary N) is 2. The quantitative estimate of drug-likeness (QED) is 0.258. The molecule has 178 valence electrons. The van der Waals surface area contributed by atoms with Crippen molar-refractivity contribution in [1.82, 2.24) is 5.32 Å². The number of halogens is 2. The molecule has 0 spiro atoms. The molecule has 1 aliphatic rings. The number of nitrogens with two attached hydrogens (primary N) is 1. The van der Waals surface area contributed by atoms with Gasteiger partial charge in [-0.3, -0.25) is 4.79 Å². The number of hydrogen-bond donors (Lipinski definition) is 4. The van der Waals surface area contributed by atoms with Crippen molar-refractivity contribution >= 4 is 52.0 Å². The van der Waals surface area contributed by atoms with Gasteiger partial charge >= 0.3 is 6.03 Å². The molecule has 3 rings (SSSR count). The maximum atomic E-state index is 14.1. The Morgan fingerprint density at radius 3 is 2.56 bits per heavy atom. The summed E-state index contributed by atoms with van der Waals surface area (Å²) in [6.07, 6.45) is 4.86. The van der Waals surface area contributed by atoms with E-state index in [-0.39, 0.29) is 17.2 Å². The van der Waals surface area contributed by atoms with E-state index in [9.17, 15) is 19.1 Å². The van der Waals surface area contributed by atoms with Crippen molar-refractivity contribution in [2.24, 2.45) is 5.73 Å². The highest BCUT2D eigenvalue weighted by Crippen LogP contribution is 2.42. The van der Waals surface area contributed by atoms with Gasteiger partial charge in [0.25, 0.3) is 5.91 Å². The van der Waals surface area contributed by atoms with E-state index >= 15 is 0 Å². The number of aliphatic hydroxyl groups is 1. The molecule has 0 aromatic heterocycles. The molecule has 5 N–H and O–H groups in total. The zero-order valence-electron chi connectivity index (χ0n) is 18.2. The average Bonchev–Trinajstić information content (AvgIpc) is 2.80. The Hall–Kier alpha value is -3.11. The van der Waals surface area contributed by atoms with Crippen LogP contribution in [0.2, 0.25) is 0 Å². The summed E-state index contributed by atoms with van der Waals surface area (Å²) in [7, 11) is 0. The Morgan fingerprint density at radius 1 is 1.21 bits per heavy atom. The monoisotopic (exact) mass is 503 g/mol. The summed E-state index contributed by atoms with van der Waals surface area (Å²) in [4.78, 5) is 22.0. The first-order chi connectivity index (χ1) is 16.1. The number of allylic oxidation sites excluding steroid dienone is 2. The number of amides is 3. The summed E-state index contributed by atoms with van der Waals surface area (Å²) in [5.41, 5.74) is 6.41. The molecule has 34 heavy (non-hydrogen) atoms. The number of urea groups is 1. The van der Waals surface area contributed by atoms with Crippen LogP contribution in [0.15, 0.2) is 66.8 Å². The molecule has 0 fully saturated rings. The summed E-state index contributed by atoms with van der Waals surface area (Å²) in [5, 5.41) is 16.1. The van der Waals surface area contributed by atoms with E-state index in [2.05, 4.69) is 10.6 Å². The number of carbonyl (C=O) groups is 2. The number of rotatable bonds is 7. The summed E-state index contributed by atoms with van der Waals surface area (Å²) in [5.74, 6) is -3.38. The van der Waals surface area contributed by atoms with Gasteiger partial charge in [-0.05, 0) is 42.3 Å². The fourth-order valence-electron chi connectivity index (χ4n) is 3.38. The van der Waals surface area contributed by atoms with Crippen LogP contribution in [-0.2, 0) is 4.74 Å². The standard InChI is InChI=1S/C24H23ClFN3O4S/c1-2-13-33-24(32)12-11-15(14-23(24,25)21(34)29-22(27)31)16-7-4-6-10-19(16)28-20(30)17-8-3-5-9-18(17)26/h3-12,14,32H,2,13H2,1H3,(H,28,30)(H3,27,29,31,34). The summed E-state index contributed by atoms with van der Waals surface area (Å²) >= 11 is 12.1. The van der Waals surface area contributed by atoms with Crippen LogP contribution in [-0.4, -0.2) is 39.3 Å². The van der Waals surface area contributed by atoms with Gasteiger partial charge in [0.15, 0.2) is 4.87 Å². The van der Waals surface area contributed by atoms with Gasteiger partial charge in [-0.1, -0.05) is 55.5 Å². The smallest absolute Gasteiger partial charge is 0.317 e. The summed E-state index contributed by atoms with van der Waals surface area (Å²) < 4.78 is 19.7. The number of carbonyl (C=O) groups excluding carboxylic acids is 2. The number of thiocarbonyl (C=S) groups is 1. The molecular formula is C24H23ClFN3O4S. The molecule has 0 aliphatic heterocycles. The van der Waals surface area contributed by atoms with Gasteiger partial charge in [-0.2, -0.15) is 0 Å². The highest BCUT2D eigenvalue weighted by atomic mass is 35.5. The minimum Gasteiger partial charge on any atom is -0.360 e. The van der Waals surface area contributed by atoms with E-state index < -0.39 is 28.4 Å². The molecule has 0 saturated heterocycles. The van der Waals surface area contributed by atoms with E-state index in [4.69, 9.17) is 34.3 Å². The van der Waals surface area contributed by atoms with Crippen LogP contribution in [0.4, 0.5) is 14.9 Å². The molecule has 0 saturated carbocycles. The van der Waals surface area contributed by atoms with Crippen LogP contribution < -0.4 is 16.4 Å². The van der Waals surface area contributed by atoms with Crippen LogP contribution in [0.1, 0.15) is 29.3 Å². The number of anilines is 1. The normalized spacial score (nSPS) is 21.5. The Morgan fingerprint density at radius 2 is 1.88 bits per heavy atom. The molecule has 0 bridgehead atoms.